The Morgan fingerprint density at radius 2 is 1.97 bits per heavy atom. The zero-order valence-corrected chi connectivity index (χ0v) is 16.5. The molecule has 5 rings (SSSR count). The number of aromatic nitrogens is 3. The highest BCUT2D eigenvalue weighted by Crippen LogP contribution is 2.64. The second-order valence-electron chi connectivity index (χ2n) is 7.81. The molecule has 1 amide bonds. The minimum atomic E-state index is -0.529. The van der Waals surface area contributed by atoms with E-state index in [1.165, 1.54) is 6.20 Å². The molecule has 1 atom stereocenters. The summed E-state index contributed by atoms with van der Waals surface area (Å²) in [5.74, 6) is 1.80. The molecule has 2 aromatic heterocycles. The zero-order valence-electron chi connectivity index (χ0n) is 15.7. The van der Waals surface area contributed by atoms with E-state index < -0.39 is 5.91 Å². The number of hydrogen-bond acceptors (Lipinski definition) is 6. The standard InChI is InChI=1S/C21H20ClN5O2/c22-16-10-14(17(23)28)12-24-18(16)27-8-6-21(7-9-27)11-15(21)20-26-25-19(29-20)13-4-2-1-3-5-13/h1-5,10,12,15H,6-9,11H2,(H2,23,28)/t15-/m0/s1. The van der Waals surface area contributed by atoms with E-state index in [0.717, 1.165) is 43.8 Å². The van der Waals surface area contributed by atoms with Gasteiger partial charge in [-0.3, -0.25) is 4.79 Å². The predicted octanol–water partition coefficient (Wildman–Crippen LogP) is 3.66. The van der Waals surface area contributed by atoms with Crippen LogP contribution in [-0.4, -0.2) is 34.2 Å². The molecular formula is C21H20ClN5O2. The Kier molecular flexibility index (Phi) is 4.28. The molecule has 1 spiro atoms. The number of benzene rings is 1. The number of pyridine rings is 1. The Labute approximate surface area is 172 Å². The van der Waals surface area contributed by atoms with Gasteiger partial charge < -0.3 is 15.1 Å². The van der Waals surface area contributed by atoms with E-state index in [-0.39, 0.29) is 5.41 Å². The van der Waals surface area contributed by atoms with Crippen molar-refractivity contribution in [3.8, 4) is 11.5 Å². The summed E-state index contributed by atoms with van der Waals surface area (Å²) in [5.41, 5.74) is 6.77. The maximum absolute atomic E-state index is 11.3. The van der Waals surface area contributed by atoms with Crippen molar-refractivity contribution >= 4 is 23.3 Å². The minimum absolute atomic E-state index is 0.219. The molecule has 1 aromatic carbocycles. The van der Waals surface area contributed by atoms with Crippen LogP contribution in [0.5, 0.6) is 0 Å². The van der Waals surface area contributed by atoms with Crippen molar-refractivity contribution in [2.75, 3.05) is 18.0 Å². The second-order valence-corrected chi connectivity index (χ2v) is 8.22. The Morgan fingerprint density at radius 3 is 2.66 bits per heavy atom. The molecule has 3 aromatic rings. The summed E-state index contributed by atoms with van der Waals surface area (Å²) in [5, 5.41) is 9.00. The average Bonchev–Trinajstić information content (AvgIpc) is 3.20. The molecule has 1 saturated heterocycles. The van der Waals surface area contributed by atoms with Gasteiger partial charge in [-0.1, -0.05) is 29.8 Å². The molecule has 2 fully saturated rings. The van der Waals surface area contributed by atoms with Gasteiger partial charge in [0.15, 0.2) is 0 Å². The smallest absolute Gasteiger partial charge is 0.250 e. The molecule has 1 aliphatic carbocycles. The van der Waals surface area contributed by atoms with Crippen LogP contribution >= 0.6 is 11.6 Å². The lowest BCUT2D eigenvalue weighted by Crippen LogP contribution is -2.35. The highest BCUT2D eigenvalue weighted by molar-refractivity contribution is 6.33. The largest absolute Gasteiger partial charge is 0.420 e. The van der Waals surface area contributed by atoms with Gasteiger partial charge >= 0.3 is 0 Å². The van der Waals surface area contributed by atoms with Gasteiger partial charge in [0.25, 0.3) is 0 Å². The average molecular weight is 410 g/mol. The second kappa shape index (κ2) is 6.84. The van der Waals surface area contributed by atoms with Gasteiger partial charge in [0, 0.05) is 30.8 Å². The monoisotopic (exact) mass is 409 g/mol. The minimum Gasteiger partial charge on any atom is -0.420 e. The Hall–Kier alpha value is -2.93. The van der Waals surface area contributed by atoms with E-state index in [9.17, 15) is 4.79 Å². The number of carbonyl (C=O) groups excluding carboxylic acids is 1. The maximum atomic E-state index is 11.3. The summed E-state index contributed by atoms with van der Waals surface area (Å²) in [6, 6.07) is 11.4. The zero-order chi connectivity index (χ0) is 20.0. The highest BCUT2D eigenvalue weighted by Gasteiger charge is 2.58. The fourth-order valence-corrected chi connectivity index (χ4v) is 4.57. The van der Waals surface area contributed by atoms with Gasteiger partial charge in [0.2, 0.25) is 17.7 Å². The number of piperidine rings is 1. The highest BCUT2D eigenvalue weighted by atomic mass is 35.5. The lowest BCUT2D eigenvalue weighted by molar-refractivity contribution is 0.1000. The van der Waals surface area contributed by atoms with Crippen LogP contribution in [0, 0.1) is 5.41 Å². The van der Waals surface area contributed by atoms with Crippen molar-refractivity contribution in [2.24, 2.45) is 11.1 Å². The summed E-state index contributed by atoms with van der Waals surface area (Å²) in [6.07, 6.45) is 4.57. The van der Waals surface area contributed by atoms with Gasteiger partial charge in [-0.25, -0.2) is 4.98 Å². The lowest BCUT2D eigenvalue weighted by Gasteiger charge is -2.34. The van der Waals surface area contributed by atoms with E-state index in [1.54, 1.807) is 6.07 Å². The SMILES string of the molecule is NC(=O)c1cnc(N2CCC3(CC2)C[C@H]3c2nnc(-c3ccccc3)o2)c(Cl)c1. The molecule has 1 saturated carbocycles. The topological polar surface area (TPSA) is 98.1 Å². The molecule has 0 unspecified atom stereocenters. The number of halogens is 1. The fourth-order valence-electron chi connectivity index (χ4n) is 4.28. The molecule has 148 valence electrons. The van der Waals surface area contributed by atoms with Gasteiger partial charge in [0.1, 0.15) is 5.82 Å². The molecule has 3 heterocycles. The molecule has 0 radical (unpaired) electrons. The van der Waals surface area contributed by atoms with Gasteiger partial charge in [-0.15, -0.1) is 10.2 Å². The third-order valence-corrected chi connectivity index (χ3v) is 6.39. The third kappa shape index (κ3) is 3.25. The van der Waals surface area contributed by atoms with Crippen LogP contribution in [-0.2, 0) is 0 Å². The van der Waals surface area contributed by atoms with Crippen LogP contribution < -0.4 is 10.6 Å². The first-order valence-corrected chi connectivity index (χ1v) is 10.0. The summed E-state index contributed by atoms with van der Waals surface area (Å²) < 4.78 is 5.97. The molecule has 29 heavy (non-hydrogen) atoms. The number of nitrogens with two attached hydrogens (primary N) is 1. The Balaban J connectivity index is 1.26. The van der Waals surface area contributed by atoms with E-state index in [0.29, 0.717) is 28.2 Å². The van der Waals surface area contributed by atoms with Crippen LogP contribution in [0.2, 0.25) is 5.02 Å². The van der Waals surface area contributed by atoms with Crippen LogP contribution in [0.4, 0.5) is 5.82 Å². The number of nitrogens with zero attached hydrogens (tertiary/aromatic N) is 4. The first kappa shape index (κ1) is 18.1. The maximum Gasteiger partial charge on any atom is 0.250 e. The number of primary amides is 1. The first-order chi connectivity index (χ1) is 14.1. The van der Waals surface area contributed by atoms with Gasteiger partial charge in [-0.05, 0) is 42.9 Å². The number of carbonyl (C=O) groups is 1. The number of hydrogen-bond donors (Lipinski definition) is 1. The molecule has 8 heteroatoms. The van der Waals surface area contributed by atoms with E-state index in [1.807, 2.05) is 30.3 Å². The van der Waals surface area contributed by atoms with Gasteiger partial charge in [-0.2, -0.15) is 0 Å². The molecule has 1 aliphatic heterocycles. The van der Waals surface area contributed by atoms with Crippen LogP contribution in [0.3, 0.4) is 0 Å². The summed E-state index contributed by atoms with van der Waals surface area (Å²) in [6.45, 7) is 1.69. The van der Waals surface area contributed by atoms with Crippen molar-refractivity contribution in [3.63, 3.8) is 0 Å². The van der Waals surface area contributed by atoms with E-state index >= 15 is 0 Å². The van der Waals surface area contributed by atoms with Crippen LogP contribution in [0.1, 0.15) is 41.4 Å². The van der Waals surface area contributed by atoms with Crippen molar-refractivity contribution < 1.29 is 9.21 Å². The van der Waals surface area contributed by atoms with E-state index in [2.05, 4.69) is 20.1 Å². The molecule has 0 bridgehead atoms. The summed E-state index contributed by atoms with van der Waals surface area (Å²) >= 11 is 6.33. The molecule has 2 N–H and O–H groups in total. The Bertz CT molecular complexity index is 1060. The van der Waals surface area contributed by atoms with Crippen LogP contribution in [0.25, 0.3) is 11.5 Å². The third-order valence-electron chi connectivity index (χ3n) is 6.11. The lowest BCUT2D eigenvalue weighted by atomic mass is 9.90. The normalized spacial score (nSPS) is 20.0. The number of amides is 1. The van der Waals surface area contributed by atoms with Crippen molar-refractivity contribution in [1.29, 1.82) is 0 Å². The van der Waals surface area contributed by atoms with E-state index in [4.69, 9.17) is 21.8 Å². The summed E-state index contributed by atoms with van der Waals surface area (Å²) in [4.78, 5) is 17.8. The number of rotatable bonds is 4. The summed E-state index contributed by atoms with van der Waals surface area (Å²) in [7, 11) is 0. The van der Waals surface area contributed by atoms with Crippen LogP contribution in [0.15, 0.2) is 47.0 Å². The quantitative estimate of drug-likeness (QED) is 0.706. The first-order valence-electron chi connectivity index (χ1n) is 9.65. The molecule has 7 nitrogen and oxygen atoms in total. The number of anilines is 1. The Morgan fingerprint density at radius 1 is 1.21 bits per heavy atom. The van der Waals surface area contributed by atoms with Crippen molar-refractivity contribution in [2.45, 2.75) is 25.2 Å². The molecule has 2 aliphatic rings. The molecular weight excluding hydrogens is 390 g/mol. The predicted molar refractivity (Wildman–Crippen MR) is 109 cm³/mol. The van der Waals surface area contributed by atoms with Crippen molar-refractivity contribution in [3.05, 3.63) is 59.1 Å². The van der Waals surface area contributed by atoms with Crippen molar-refractivity contribution in [1.82, 2.24) is 15.2 Å². The van der Waals surface area contributed by atoms with Gasteiger partial charge in [0.05, 0.1) is 10.6 Å². The fraction of sp³-hybridized carbons (Fsp3) is 0.333.